The Bertz CT molecular complexity index is 1240. The lowest BCUT2D eigenvalue weighted by Crippen LogP contribution is -2.68. The highest BCUT2D eigenvalue weighted by molar-refractivity contribution is 4.99. The maximum absolute atomic E-state index is 7.49. The average Bonchev–Trinajstić information content (AvgIpc) is 3.39. The van der Waals surface area contributed by atoms with E-state index >= 15 is 0 Å². The van der Waals surface area contributed by atoms with Gasteiger partial charge < -0.3 is 71.1 Å². The molecule has 3 rings (SSSR count). The quantitative estimate of drug-likeness (QED) is 0.0534. The predicted octanol–water partition coefficient (Wildman–Crippen LogP) is 11.4. The molecule has 0 aliphatic carbocycles. The van der Waals surface area contributed by atoms with Gasteiger partial charge in [-0.15, -0.1) is 0 Å². The highest BCUT2D eigenvalue weighted by Gasteiger charge is 2.56. The van der Waals surface area contributed by atoms with Crippen molar-refractivity contribution >= 4 is 0 Å². The zero-order valence-corrected chi connectivity index (χ0v) is 48.2. The minimum Gasteiger partial charge on any atom is -0.379 e. The van der Waals surface area contributed by atoms with E-state index in [1.807, 2.05) is 0 Å². The lowest BCUT2D eigenvalue weighted by molar-refractivity contribution is -0.384. The Morgan fingerprint density at radius 3 is 0.973 bits per heavy atom. The van der Waals surface area contributed by atoms with Crippen LogP contribution in [0.15, 0.2) is 0 Å². The molecule has 0 saturated carbocycles. The summed E-state index contributed by atoms with van der Waals surface area (Å²) in [6, 6.07) is 0. The van der Waals surface area contributed by atoms with Gasteiger partial charge in [-0.05, 0) is 64.2 Å². The van der Waals surface area contributed by atoms with Crippen molar-refractivity contribution in [3.63, 3.8) is 0 Å². The van der Waals surface area contributed by atoms with Crippen molar-refractivity contribution in [3.8, 4) is 0 Å². The van der Waals surface area contributed by atoms with Crippen molar-refractivity contribution in [2.45, 2.75) is 283 Å². The molecule has 15 heteroatoms. The molecule has 73 heavy (non-hydrogen) atoms. The van der Waals surface area contributed by atoms with Gasteiger partial charge in [0.15, 0.2) is 12.6 Å². The van der Waals surface area contributed by atoms with Crippen LogP contribution in [0.1, 0.15) is 198 Å². The van der Waals surface area contributed by atoms with Gasteiger partial charge in [-0.25, -0.2) is 0 Å². The van der Waals surface area contributed by atoms with Crippen LogP contribution in [0.25, 0.3) is 0 Å². The minimum atomic E-state index is -0.924. The van der Waals surface area contributed by atoms with Crippen molar-refractivity contribution in [1.82, 2.24) is 0 Å². The Morgan fingerprint density at radius 2 is 0.575 bits per heavy atom. The molecule has 0 bridgehead atoms. The number of rotatable bonds is 47. The summed E-state index contributed by atoms with van der Waals surface area (Å²) in [5.41, 5.74) is 0. The van der Waals surface area contributed by atoms with Crippen LogP contribution in [0.5, 0.6) is 0 Å². The first-order valence-electron chi connectivity index (χ1n) is 30.2. The average molecular weight is 1050 g/mol. The standard InChI is InChI=1S/C58H112O15/c1-11-21-31-59-41-45-51(49(63-35-25-15-5)46(44-69-45)62-34-24-14-4)72-58-56(68-40-30-20-10)54(66-38-28-18-8)52(48(71-58)43-61-33-23-13-3)73-57-55(67-39-29-19-9)53(65-37-27-17-7)50(64-36-26-16-6)47(70-57)42-60-32-22-12-2/h45-58H,11-44H2,1-10H3/t45?,46?,47?,48?,49?,50-,51+,52-,53?,54?,55?,56?,57+,58-/m0/s1. The molecule has 3 fully saturated rings. The molecule has 15 nitrogen and oxygen atoms in total. The largest absolute Gasteiger partial charge is 0.379 e. The Morgan fingerprint density at radius 1 is 0.288 bits per heavy atom. The summed E-state index contributed by atoms with van der Waals surface area (Å²) in [6.07, 6.45) is 10.4. The fourth-order valence-corrected chi connectivity index (χ4v) is 9.04. The topological polar surface area (TPSA) is 138 Å². The van der Waals surface area contributed by atoms with Crippen LogP contribution in [0, 0.1) is 0 Å². The van der Waals surface area contributed by atoms with E-state index < -0.39 is 79.7 Å². The van der Waals surface area contributed by atoms with Gasteiger partial charge in [0.2, 0.25) is 0 Å². The molecule has 0 aromatic rings. The summed E-state index contributed by atoms with van der Waals surface area (Å²) in [6.45, 7) is 28.5. The molecule has 3 aliphatic rings. The third kappa shape index (κ3) is 25.0. The van der Waals surface area contributed by atoms with Crippen molar-refractivity contribution < 1.29 is 71.1 Å². The van der Waals surface area contributed by atoms with Gasteiger partial charge in [0.1, 0.15) is 73.2 Å². The van der Waals surface area contributed by atoms with Crippen LogP contribution in [-0.4, -0.2) is 178 Å². The molecule has 3 heterocycles. The molecule has 0 aromatic carbocycles. The second-order valence-corrected chi connectivity index (χ2v) is 20.3. The van der Waals surface area contributed by atoms with Crippen LogP contribution in [-0.2, 0) is 71.1 Å². The molecule has 9 unspecified atom stereocenters. The molecule has 0 spiro atoms. The maximum Gasteiger partial charge on any atom is 0.187 e. The number of unbranched alkanes of at least 4 members (excludes halogenated alkanes) is 10. The van der Waals surface area contributed by atoms with Crippen molar-refractivity contribution in [3.05, 3.63) is 0 Å². The van der Waals surface area contributed by atoms with Crippen LogP contribution in [0.3, 0.4) is 0 Å². The fraction of sp³-hybridized carbons (Fsp3) is 1.00. The summed E-state index contributed by atoms with van der Waals surface area (Å²) in [5.74, 6) is 0. The fourth-order valence-electron chi connectivity index (χ4n) is 9.04. The van der Waals surface area contributed by atoms with Gasteiger partial charge in [-0.1, -0.05) is 133 Å². The minimum absolute atomic E-state index is 0.223. The lowest BCUT2D eigenvalue weighted by atomic mass is 9.95. The summed E-state index contributed by atoms with van der Waals surface area (Å²) in [4.78, 5) is 0. The third-order valence-corrected chi connectivity index (χ3v) is 13.7. The molecule has 14 atom stereocenters. The molecule has 3 saturated heterocycles. The van der Waals surface area contributed by atoms with Crippen LogP contribution < -0.4 is 0 Å². The highest BCUT2D eigenvalue weighted by atomic mass is 16.8. The number of hydrogen-bond acceptors (Lipinski definition) is 15. The normalized spacial score (nSPS) is 29.8. The molecule has 0 amide bonds. The Hall–Kier alpha value is -0.600. The zero-order chi connectivity index (χ0) is 52.7. The van der Waals surface area contributed by atoms with Crippen molar-refractivity contribution in [2.24, 2.45) is 0 Å². The van der Waals surface area contributed by atoms with E-state index in [-0.39, 0.29) is 12.7 Å². The van der Waals surface area contributed by atoms with E-state index in [0.29, 0.717) is 85.9 Å². The molecule has 0 radical (unpaired) electrons. The first-order chi connectivity index (χ1) is 35.9. The number of hydrogen-bond donors (Lipinski definition) is 0. The SMILES string of the molecule is CCCCOCC1OCC(OCCCC)C(OCCCC)[C@@H]1O[C@@H]1OC(COCCCC)[C@H](O[C@H]2OC(COCCCC)[C@H](OCCCC)C(OCCCC)C2OCCCC)C(OCCCC)C1OCCCC. The second kappa shape index (κ2) is 43.3. The van der Waals surface area contributed by atoms with Crippen LogP contribution in [0.4, 0.5) is 0 Å². The summed E-state index contributed by atoms with van der Waals surface area (Å²) >= 11 is 0. The highest BCUT2D eigenvalue weighted by Crippen LogP contribution is 2.38. The van der Waals surface area contributed by atoms with Crippen molar-refractivity contribution in [1.29, 1.82) is 0 Å². The summed E-state index contributed by atoms with van der Waals surface area (Å²) in [7, 11) is 0. The Labute approximate surface area is 445 Å². The summed E-state index contributed by atoms with van der Waals surface area (Å²) < 4.78 is 103. The predicted molar refractivity (Wildman–Crippen MR) is 287 cm³/mol. The smallest absolute Gasteiger partial charge is 0.187 e. The van der Waals surface area contributed by atoms with Gasteiger partial charge >= 0.3 is 0 Å². The molecular weight excluding hydrogens is 937 g/mol. The molecular formula is C58H112O15. The molecule has 0 aromatic heterocycles. The van der Waals surface area contributed by atoms with Gasteiger partial charge in [0, 0.05) is 66.1 Å². The molecule has 434 valence electrons. The van der Waals surface area contributed by atoms with Gasteiger partial charge in [0.25, 0.3) is 0 Å². The van der Waals surface area contributed by atoms with Crippen LogP contribution in [0.2, 0.25) is 0 Å². The van der Waals surface area contributed by atoms with E-state index in [2.05, 4.69) is 69.2 Å². The summed E-state index contributed by atoms with van der Waals surface area (Å²) in [5, 5.41) is 0. The monoisotopic (exact) mass is 1050 g/mol. The third-order valence-electron chi connectivity index (χ3n) is 13.7. The van der Waals surface area contributed by atoms with Crippen molar-refractivity contribution in [2.75, 3.05) is 92.5 Å². The maximum atomic E-state index is 7.49. The second-order valence-electron chi connectivity index (χ2n) is 20.3. The first kappa shape index (κ1) is 66.7. The van der Waals surface area contributed by atoms with E-state index in [0.717, 1.165) is 128 Å². The molecule has 3 aliphatic heterocycles. The van der Waals surface area contributed by atoms with E-state index in [1.165, 1.54) is 0 Å². The van der Waals surface area contributed by atoms with Gasteiger partial charge in [0.05, 0.1) is 26.4 Å². The zero-order valence-electron chi connectivity index (χ0n) is 48.2. The molecule has 0 N–H and O–H groups in total. The Kier molecular flexibility index (Phi) is 39.6. The van der Waals surface area contributed by atoms with E-state index in [9.17, 15) is 0 Å². The first-order valence-corrected chi connectivity index (χ1v) is 30.2. The lowest BCUT2D eigenvalue weighted by Gasteiger charge is -2.51. The van der Waals surface area contributed by atoms with Gasteiger partial charge in [-0.3, -0.25) is 0 Å². The Balaban J connectivity index is 2.24. The van der Waals surface area contributed by atoms with E-state index in [4.69, 9.17) is 71.1 Å². The van der Waals surface area contributed by atoms with E-state index in [1.54, 1.807) is 0 Å². The van der Waals surface area contributed by atoms with Crippen LogP contribution >= 0.6 is 0 Å². The van der Waals surface area contributed by atoms with Gasteiger partial charge in [-0.2, -0.15) is 0 Å². The number of ether oxygens (including phenoxy) is 15.